The predicted octanol–water partition coefficient (Wildman–Crippen LogP) is 2.24. The van der Waals surface area contributed by atoms with Crippen molar-refractivity contribution >= 4 is 6.03 Å². The molecule has 1 atom stereocenters. The van der Waals surface area contributed by atoms with E-state index in [1.165, 1.54) is 0 Å². The summed E-state index contributed by atoms with van der Waals surface area (Å²) in [7, 11) is 1.65. The lowest BCUT2D eigenvalue weighted by Gasteiger charge is -2.13. The van der Waals surface area contributed by atoms with Gasteiger partial charge in [0, 0.05) is 26.6 Å². The van der Waals surface area contributed by atoms with Crippen molar-refractivity contribution in [2.24, 2.45) is 0 Å². The van der Waals surface area contributed by atoms with Crippen molar-refractivity contribution in [1.29, 1.82) is 0 Å². The molecule has 5 heteroatoms. The van der Waals surface area contributed by atoms with E-state index in [1.807, 2.05) is 54.6 Å². The van der Waals surface area contributed by atoms with Crippen LogP contribution in [0.25, 0.3) is 0 Å². The second-order valence-corrected chi connectivity index (χ2v) is 5.66. The number of nitrogens with one attached hydrogen (secondary N) is 2. The summed E-state index contributed by atoms with van der Waals surface area (Å²) < 4.78 is 5.09. The van der Waals surface area contributed by atoms with Gasteiger partial charge >= 0.3 is 6.03 Å². The molecular weight excluding hydrogens is 304 g/mol. The molecule has 0 aromatic heterocycles. The Balaban J connectivity index is 1.70. The number of hydrogen-bond donors (Lipinski definition) is 3. The van der Waals surface area contributed by atoms with E-state index >= 15 is 0 Å². The Morgan fingerprint density at radius 2 is 1.75 bits per heavy atom. The highest BCUT2D eigenvalue weighted by Gasteiger charge is 2.08. The maximum absolute atomic E-state index is 11.8. The van der Waals surface area contributed by atoms with Crippen LogP contribution >= 0.6 is 0 Å². The highest BCUT2D eigenvalue weighted by atomic mass is 16.5. The van der Waals surface area contributed by atoms with Crippen molar-refractivity contribution in [3.8, 4) is 0 Å². The molecule has 24 heavy (non-hydrogen) atoms. The van der Waals surface area contributed by atoms with Crippen LogP contribution in [-0.4, -0.2) is 30.9 Å². The molecule has 0 saturated heterocycles. The number of aliphatic hydroxyl groups is 1. The maximum Gasteiger partial charge on any atom is 0.315 e. The molecule has 2 aromatic carbocycles. The summed E-state index contributed by atoms with van der Waals surface area (Å²) in [5, 5.41) is 15.4. The monoisotopic (exact) mass is 328 g/mol. The fourth-order valence-corrected chi connectivity index (χ4v) is 2.41. The van der Waals surface area contributed by atoms with Gasteiger partial charge in [0.15, 0.2) is 0 Å². The molecule has 0 radical (unpaired) electrons. The number of urea groups is 1. The average molecular weight is 328 g/mol. The third kappa shape index (κ3) is 6.40. The SMILES string of the molecule is COCc1cccc(CNC(=O)NCC(O)Cc2ccccc2)c1. The number of hydrogen-bond acceptors (Lipinski definition) is 3. The van der Waals surface area contributed by atoms with Crippen molar-refractivity contribution in [2.45, 2.75) is 25.7 Å². The van der Waals surface area contributed by atoms with Crippen molar-refractivity contribution in [1.82, 2.24) is 10.6 Å². The first-order valence-electron chi connectivity index (χ1n) is 7.98. The number of rotatable bonds is 8. The molecule has 2 rings (SSSR count). The Morgan fingerprint density at radius 1 is 1.04 bits per heavy atom. The topological polar surface area (TPSA) is 70.6 Å². The molecule has 0 aliphatic carbocycles. The van der Waals surface area contributed by atoms with Crippen molar-refractivity contribution in [3.05, 3.63) is 71.3 Å². The van der Waals surface area contributed by atoms with Gasteiger partial charge in [-0.3, -0.25) is 0 Å². The zero-order chi connectivity index (χ0) is 17.2. The highest BCUT2D eigenvalue weighted by molar-refractivity contribution is 5.73. The van der Waals surface area contributed by atoms with E-state index in [2.05, 4.69) is 10.6 Å². The quantitative estimate of drug-likeness (QED) is 0.696. The lowest BCUT2D eigenvalue weighted by Crippen LogP contribution is -2.40. The first-order chi connectivity index (χ1) is 11.7. The zero-order valence-electron chi connectivity index (χ0n) is 13.9. The molecule has 0 saturated carbocycles. The number of benzene rings is 2. The molecule has 5 nitrogen and oxygen atoms in total. The molecule has 0 aliphatic heterocycles. The maximum atomic E-state index is 11.8. The van der Waals surface area contributed by atoms with Crippen LogP contribution in [0.2, 0.25) is 0 Å². The number of aliphatic hydroxyl groups excluding tert-OH is 1. The molecule has 1 unspecified atom stereocenters. The van der Waals surface area contributed by atoms with Crippen molar-refractivity contribution in [3.63, 3.8) is 0 Å². The van der Waals surface area contributed by atoms with Crippen molar-refractivity contribution < 1.29 is 14.6 Å². The number of carbonyl (C=O) groups is 1. The van der Waals surface area contributed by atoms with Crippen LogP contribution in [0.5, 0.6) is 0 Å². The smallest absolute Gasteiger partial charge is 0.315 e. The lowest BCUT2D eigenvalue weighted by atomic mass is 10.1. The molecule has 0 spiro atoms. The van der Waals surface area contributed by atoms with Crippen LogP contribution < -0.4 is 10.6 Å². The van der Waals surface area contributed by atoms with Gasteiger partial charge in [-0.05, 0) is 16.7 Å². The van der Waals surface area contributed by atoms with Crippen LogP contribution in [0, 0.1) is 0 Å². The summed E-state index contributed by atoms with van der Waals surface area (Å²) in [6, 6.07) is 17.3. The minimum Gasteiger partial charge on any atom is -0.391 e. The summed E-state index contributed by atoms with van der Waals surface area (Å²) in [5.74, 6) is 0. The van der Waals surface area contributed by atoms with Crippen LogP contribution in [-0.2, 0) is 24.3 Å². The third-order valence-corrected chi connectivity index (χ3v) is 3.57. The van der Waals surface area contributed by atoms with E-state index in [1.54, 1.807) is 7.11 Å². The number of carbonyl (C=O) groups excluding carboxylic acids is 1. The first kappa shape index (κ1) is 18.0. The van der Waals surface area contributed by atoms with Crippen LogP contribution in [0.1, 0.15) is 16.7 Å². The fraction of sp³-hybridized carbons (Fsp3) is 0.316. The van der Waals surface area contributed by atoms with Gasteiger partial charge in [-0.2, -0.15) is 0 Å². The van der Waals surface area contributed by atoms with Crippen molar-refractivity contribution in [2.75, 3.05) is 13.7 Å². The third-order valence-electron chi connectivity index (χ3n) is 3.57. The minimum atomic E-state index is -0.608. The number of amides is 2. The molecule has 3 N–H and O–H groups in total. The molecule has 0 bridgehead atoms. The summed E-state index contributed by atoms with van der Waals surface area (Å²) in [6.45, 7) is 1.19. The number of methoxy groups -OCH3 is 1. The Hall–Kier alpha value is -2.37. The molecular formula is C19H24N2O3. The zero-order valence-corrected chi connectivity index (χ0v) is 13.9. The lowest BCUT2D eigenvalue weighted by molar-refractivity contribution is 0.170. The standard InChI is InChI=1S/C19H24N2O3/c1-24-14-17-9-5-8-16(10-17)12-20-19(23)21-13-18(22)11-15-6-3-2-4-7-15/h2-10,18,22H,11-14H2,1H3,(H2,20,21,23). The molecule has 128 valence electrons. The number of ether oxygens (including phenoxy) is 1. The van der Waals surface area contributed by atoms with E-state index in [4.69, 9.17) is 4.74 Å². The Bertz CT molecular complexity index is 632. The molecule has 2 aromatic rings. The van der Waals surface area contributed by atoms with Gasteiger partial charge in [0.1, 0.15) is 0 Å². The van der Waals surface area contributed by atoms with E-state index in [0.29, 0.717) is 19.6 Å². The normalized spacial score (nSPS) is 11.8. The molecule has 0 aliphatic rings. The minimum absolute atomic E-state index is 0.213. The second-order valence-electron chi connectivity index (χ2n) is 5.66. The van der Waals surface area contributed by atoms with Gasteiger partial charge in [-0.15, -0.1) is 0 Å². The second kappa shape index (κ2) is 9.70. The summed E-state index contributed by atoms with van der Waals surface area (Å²) in [5.41, 5.74) is 3.11. The van der Waals surface area contributed by atoms with Gasteiger partial charge in [-0.1, -0.05) is 54.6 Å². The summed E-state index contributed by atoms with van der Waals surface area (Å²) >= 11 is 0. The van der Waals surface area contributed by atoms with Crippen LogP contribution in [0.15, 0.2) is 54.6 Å². The molecule has 0 heterocycles. The predicted molar refractivity (Wildman–Crippen MR) is 93.5 cm³/mol. The van der Waals surface area contributed by atoms with E-state index in [-0.39, 0.29) is 12.6 Å². The van der Waals surface area contributed by atoms with Gasteiger partial charge in [0.05, 0.1) is 12.7 Å². The fourth-order valence-electron chi connectivity index (χ4n) is 2.41. The van der Waals surface area contributed by atoms with Crippen LogP contribution in [0.3, 0.4) is 0 Å². The Morgan fingerprint density at radius 3 is 2.50 bits per heavy atom. The van der Waals surface area contributed by atoms with Gasteiger partial charge in [-0.25, -0.2) is 4.79 Å². The van der Waals surface area contributed by atoms with Gasteiger partial charge in [0.2, 0.25) is 0 Å². The summed E-state index contributed by atoms with van der Waals surface area (Å²) in [4.78, 5) is 11.8. The Kier molecular flexibility index (Phi) is 7.26. The van der Waals surface area contributed by atoms with E-state index < -0.39 is 6.10 Å². The highest BCUT2D eigenvalue weighted by Crippen LogP contribution is 2.06. The van der Waals surface area contributed by atoms with Gasteiger partial charge in [0.25, 0.3) is 0 Å². The van der Waals surface area contributed by atoms with E-state index in [0.717, 1.165) is 16.7 Å². The van der Waals surface area contributed by atoms with E-state index in [9.17, 15) is 9.90 Å². The molecule has 0 fully saturated rings. The first-order valence-corrected chi connectivity index (χ1v) is 7.98. The summed E-state index contributed by atoms with van der Waals surface area (Å²) in [6.07, 6.45) is -0.0941. The van der Waals surface area contributed by atoms with Gasteiger partial charge < -0.3 is 20.5 Å². The molecule has 2 amide bonds. The largest absolute Gasteiger partial charge is 0.391 e. The Labute approximate surface area is 142 Å². The van der Waals surface area contributed by atoms with Crippen LogP contribution in [0.4, 0.5) is 4.79 Å². The average Bonchev–Trinajstić information content (AvgIpc) is 2.60.